The van der Waals surface area contributed by atoms with Crippen LogP contribution in [0, 0.1) is 5.82 Å². The van der Waals surface area contributed by atoms with E-state index in [1.807, 2.05) is 18.7 Å². The Bertz CT molecular complexity index is 1880. The first kappa shape index (κ1) is 38.5. The SMILES string of the molecule is COc1c(N2CCCCC2=O)cc(F)cc1S(=O)(=O)N([C@@H](Cc1cc(-c2ccc(Cl)s2)on1)C(=O)N1CCN(C(C)C)CC1)C(F)(F)C(=O)OF. The van der Waals surface area contributed by atoms with E-state index in [9.17, 15) is 27.3 Å². The van der Waals surface area contributed by atoms with Gasteiger partial charge in [-0.05, 0) is 44.9 Å². The summed E-state index contributed by atoms with van der Waals surface area (Å²) >= 11 is 7.11. The molecule has 278 valence electrons. The van der Waals surface area contributed by atoms with E-state index in [4.69, 9.17) is 20.9 Å². The second kappa shape index (κ2) is 15.4. The van der Waals surface area contributed by atoms with Crippen LogP contribution in [0.15, 0.2) is 39.8 Å². The molecule has 51 heavy (non-hydrogen) atoms. The summed E-state index contributed by atoms with van der Waals surface area (Å²) in [5.41, 5.74) is -0.593. The Morgan fingerprint density at radius 3 is 2.41 bits per heavy atom. The van der Waals surface area contributed by atoms with Gasteiger partial charge in [0.15, 0.2) is 11.5 Å². The van der Waals surface area contributed by atoms with Gasteiger partial charge < -0.3 is 19.1 Å². The number of halogens is 5. The van der Waals surface area contributed by atoms with E-state index < -0.39 is 67.1 Å². The van der Waals surface area contributed by atoms with Crippen molar-refractivity contribution < 1.29 is 54.7 Å². The van der Waals surface area contributed by atoms with Gasteiger partial charge in [-0.3, -0.25) is 14.5 Å². The van der Waals surface area contributed by atoms with E-state index in [0.717, 1.165) is 34.3 Å². The fourth-order valence-corrected chi connectivity index (χ4v) is 8.84. The molecule has 0 spiro atoms. The Morgan fingerprint density at radius 2 is 1.82 bits per heavy atom. The van der Waals surface area contributed by atoms with Gasteiger partial charge in [-0.2, -0.15) is 8.78 Å². The molecule has 0 saturated carbocycles. The largest absolute Gasteiger partial charge is 0.493 e. The minimum absolute atomic E-state index is 0.0250. The molecule has 4 heterocycles. The van der Waals surface area contributed by atoms with Crippen molar-refractivity contribution in [1.82, 2.24) is 19.3 Å². The second-order valence-electron chi connectivity index (χ2n) is 12.1. The number of hydrogen-bond acceptors (Lipinski definition) is 11. The summed E-state index contributed by atoms with van der Waals surface area (Å²) in [7, 11) is -4.98. The maximum Gasteiger partial charge on any atom is 0.435 e. The lowest BCUT2D eigenvalue weighted by molar-refractivity contribution is -0.230. The van der Waals surface area contributed by atoms with Crippen LogP contribution in [0.5, 0.6) is 5.75 Å². The number of thiophene rings is 1. The fraction of sp³-hybridized carbons (Fsp3) is 0.484. The third kappa shape index (κ3) is 7.86. The van der Waals surface area contributed by atoms with Crippen LogP contribution >= 0.6 is 22.9 Å². The summed E-state index contributed by atoms with van der Waals surface area (Å²) < 4.78 is 100. The summed E-state index contributed by atoms with van der Waals surface area (Å²) in [5.74, 6) is -6.58. The quantitative estimate of drug-likeness (QED) is 0.184. The first-order chi connectivity index (χ1) is 24.1. The van der Waals surface area contributed by atoms with Gasteiger partial charge in [0.05, 0.1) is 27.7 Å². The van der Waals surface area contributed by atoms with Crippen LogP contribution in [0.2, 0.25) is 4.34 Å². The van der Waals surface area contributed by atoms with Crippen molar-refractivity contribution in [3.8, 4) is 16.4 Å². The van der Waals surface area contributed by atoms with E-state index in [-0.39, 0.29) is 49.2 Å². The standard InChI is InChI=1S/C31H34ClF4N5O8S2/c1-18(2)38-10-12-39(13-11-38)29(43)22(16-20-17-23(49-37-20)24-7-8-26(32)50-24)41(31(34,35)30(44)48-36)51(45,46)25-15-19(33)14-21(28(25)47-3)40-9-5-4-6-27(40)42/h7-8,14-15,17-18,22H,4-6,9-13,16H2,1-3H3/t22-/m0/s1. The average Bonchev–Trinajstić information content (AvgIpc) is 3.75. The topological polar surface area (TPSA) is 143 Å². The zero-order valence-corrected chi connectivity index (χ0v) is 30.0. The number of piperidine rings is 1. The first-order valence-corrected chi connectivity index (χ1v) is 18.4. The number of sulfonamides is 1. The van der Waals surface area contributed by atoms with Crippen molar-refractivity contribution in [2.45, 2.75) is 62.6 Å². The van der Waals surface area contributed by atoms with Gasteiger partial charge in [-0.1, -0.05) is 16.8 Å². The molecule has 13 nitrogen and oxygen atoms in total. The summed E-state index contributed by atoms with van der Waals surface area (Å²) in [6.45, 7) is 4.40. The van der Waals surface area contributed by atoms with Crippen LogP contribution in [0.4, 0.5) is 23.4 Å². The zero-order valence-electron chi connectivity index (χ0n) is 27.6. The molecule has 20 heteroatoms. The maximum absolute atomic E-state index is 16.2. The number of aromatic nitrogens is 1. The average molecular weight is 780 g/mol. The van der Waals surface area contributed by atoms with E-state index >= 15 is 13.2 Å². The Kier molecular flexibility index (Phi) is 11.6. The number of rotatable bonds is 12. The van der Waals surface area contributed by atoms with Crippen LogP contribution in [0.3, 0.4) is 0 Å². The van der Waals surface area contributed by atoms with E-state index in [1.54, 1.807) is 12.1 Å². The lowest BCUT2D eigenvalue weighted by atomic mass is 10.1. The zero-order chi connectivity index (χ0) is 37.2. The van der Waals surface area contributed by atoms with Crippen LogP contribution < -0.4 is 9.64 Å². The van der Waals surface area contributed by atoms with Gasteiger partial charge in [-0.25, -0.2) is 22.5 Å². The number of piperazine rings is 1. The van der Waals surface area contributed by atoms with E-state index in [1.165, 1.54) is 6.07 Å². The van der Waals surface area contributed by atoms with Crippen molar-refractivity contribution in [3.05, 3.63) is 46.2 Å². The molecule has 2 aliphatic heterocycles. The van der Waals surface area contributed by atoms with Gasteiger partial charge in [0, 0.05) is 68.3 Å². The summed E-state index contributed by atoms with van der Waals surface area (Å²) in [6, 6.07) is -2.30. The van der Waals surface area contributed by atoms with Crippen LogP contribution in [0.1, 0.15) is 38.8 Å². The Balaban J connectivity index is 1.68. The monoisotopic (exact) mass is 779 g/mol. The molecule has 0 bridgehead atoms. The fourth-order valence-electron chi connectivity index (χ4n) is 6.08. The molecule has 2 saturated heterocycles. The van der Waals surface area contributed by atoms with E-state index in [0.29, 0.717) is 41.2 Å². The number of anilines is 1. The van der Waals surface area contributed by atoms with Crippen molar-refractivity contribution in [2.24, 2.45) is 0 Å². The van der Waals surface area contributed by atoms with Gasteiger partial charge in [0.2, 0.25) is 11.8 Å². The lowest BCUT2D eigenvalue weighted by Crippen LogP contribution is -2.63. The molecule has 1 aromatic carbocycles. The molecule has 2 amide bonds. The summed E-state index contributed by atoms with van der Waals surface area (Å²) in [6.07, 6.45) is 0.0711. The Hall–Kier alpha value is -3.78. The minimum Gasteiger partial charge on any atom is -0.493 e. The highest BCUT2D eigenvalue weighted by atomic mass is 35.5. The summed E-state index contributed by atoms with van der Waals surface area (Å²) in [4.78, 5) is 45.7. The number of benzene rings is 1. The number of nitrogens with zero attached hydrogens (tertiary/aromatic N) is 5. The Labute approximate surface area is 299 Å². The molecule has 3 aromatic rings. The van der Waals surface area contributed by atoms with Crippen LogP contribution in [-0.4, -0.2) is 103 Å². The number of amides is 2. The molecule has 2 aliphatic rings. The molecule has 0 radical (unpaired) electrons. The normalized spacial score (nSPS) is 16.9. The third-order valence-electron chi connectivity index (χ3n) is 8.65. The van der Waals surface area contributed by atoms with Gasteiger partial charge in [0.1, 0.15) is 16.8 Å². The smallest absolute Gasteiger partial charge is 0.435 e. The Morgan fingerprint density at radius 1 is 1.12 bits per heavy atom. The van der Waals surface area contributed by atoms with Crippen molar-refractivity contribution in [2.75, 3.05) is 44.7 Å². The number of alkyl halides is 2. The lowest BCUT2D eigenvalue weighted by Gasteiger charge is -2.40. The van der Waals surface area contributed by atoms with Crippen molar-refractivity contribution in [1.29, 1.82) is 0 Å². The number of carbonyl (C=O) groups excluding carboxylic acids is 3. The van der Waals surface area contributed by atoms with Crippen LogP contribution in [-0.2, 0) is 35.8 Å². The molecule has 1 atom stereocenters. The van der Waals surface area contributed by atoms with Crippen molar-refractivity contribution >= 4 is 56.4 Å². The third-order valence-corrected chi connectivity index (χ3v) is 11.8. The number of hydrogen-bond donors (Lipinski definition) is 0. The molecule has 2 fully saturated rings. The van der Waals surface area contributed by atoms with Gasteiger partial charge >= 0.3 is 12.0 Å². The highest BCUT2D eigenvalue weighted by Gasteiger charge is 2.60. The molecular formula is C31H34ClF4N5O8S2. The molecule has 0 aliphatic carbocycles. The molecule has 0 unspecified atom stereocenters. The highest BCUT2D eigenvalue weighted by molar-refractivity contribution is 7.89. The predicted molar refractivity (Wildman–Crippen MR) is 176 cm³/mol. The molecular weight excluding hydrogens is 746 g/mol. The molecule has 2 aromatic heterocycles. The van der Waals surface area contributed by atoms with Crippen molar-refractivity contribution in [3.63, 3.8) is 0 Å². The molecule has 0 N–H and O–H groups in total. The van der Waals surface area contributed by atoms with Crippen LogP contribution in [0.25, 0.3) is 10.6 Å². The highest BCUT2D eigenvalue weighted by Crippen LogP contribution is 2.43. The van der Waals surface area contributed by atoms with Gasteiger partial charge in [-0.15, -0.1) is 15.6 Å². The number of methoxy groups -OCH3 is 1. The maximum atomic E-state index is 16.2. The minimum atomic E-state index is -5.95. The summed E-state index contributed by atoms with van der Waals surface area (Å²) in [5, 5.41) is 3.84. The first-order valence-electron chi connectivity index (χ1n) is 15.8. The molecule has 5 rings (SSSR count). The predicted octanol–water partition coefficient (Wildman–Crippen LogP) is 4.90. The van der Waals surface area contributed by atoms with Gasteiger partial charge in [0.25, 0.3) is 10.0 Å². The number of ether oxygens (including phenoxy) is 1. The van der Waals surface area contributed by atoms with E-state index in [2.05, 4.69) is 10.1 Å². The second-order valence-corrected chi connectivity index (χ2v) is 15.6. The number of carbonyl (C=O) groups is 3.